The molecule has 2 aromatic carbocycles. The summed E-state index contributed by atoms with van der Waals surface area (Å²) in [4.78, 5) is 51.5. The van der Waals surface area contributed by atoms with E-state index in [1.54, 1.807) is 0 Å². The van der Waals surface area contributed by atoms with Crippen molar-refractivity contribution in [2.45, 2.75) is 18.9 Å². The van der Waals surface area contributed by atoms with Crippen LogP contribution in [0.4, 0.5) is 19.3 Å². The Kier molecular flexibility index (Phi) is 6.00. The Morgan fingerprint density at radius 1 is 1.03 bits per heavy atom. The quantitative estimate of drug-likeness (QED) is 0.650. The molecule has 0 bridgehead atoms. The predicted octanol–water partition coefficient (Wildman–Crippen LogP) is 1.64. The van der Waals surface area contributed by atoms with Gasteiger partial charge in [-0.3, -0.25) is 19.3 Å². The van der Waals surface area contributed by atoms with E-state index in [0.717, 1.165) is 34.1 Å². The molecule has 1 aliphatic heterocycles. The molecule has 0 radical (unpaired) electrons. The Balaban J connectivity index is 1.83. The van der Waals surface area contributed by atoms with Crippen LogP contribution in [0.25, 0.3) is 0 Å². The first-order valence-electron chi connectivity index (χ1n) is 9.36. The van der Waals surface area contributed by atoms with Crippen LogP contribution in [0.2, 0.25) is 0 Å². The first-order chi connectivity index (χ1) is 14.6. The van der Waals surface area contributed by atoms with Crippen molar-refractivity contribution in [1.82, 2.24) is 10.2 Å². The van der Waals surface area contributed by atoms with Crippen molar-refractivity contribution in [3.8, 4) is 0 Å². The zero-order valence-corrected chi connectivity index (χ0v) is 16.6. The molecule has 5 amide bonds. The van der Waals surface area contributed by atoms with Crippen LogP contribution in [0.1, 0.15) is 18.9 Å². The van der Waals surface area contributed by atoms with Crippen molar-refractivity contribution in [3.63, 3.8) is 0 Å². The number of halogens is 2. The minimum atomic E-state index is -1.47. The number of benzene rings is 2. The zero-order chi connectivity index (χ0) is 22.8. The third-order valence-electron chi connectivity index (χ3n) is 5.01. The average molecular weight is 430 g/mol. The standard InChI is InChI=1S/C21H20F2N4O4/c1-21(13-2-4-14(22)5-3-13)19(30)27(20(31)25-21)12-18(29)26(11-10-17(24)28)16-8-6-15(23)7-9-16/h2-9H,10-12H2,1H3,(H2,24,28)(H,25,31). The van der Waals surface area contributed by atoms with Gasteiger partial charge in [-0.2, -0.15) is 0 Å². The van der Waals surface area contributed by atoms with Gasteiger partial charge in [0, 0.05) is 18.7 Å². The molecule has 31 heavy (non-hydrogen) atoms. The Morgan fingerprint density at radius 3 is 2.13 bits per heavy atom. The number of anilines is 1. The Morgan fingerprint density at radius 2 is 1.58 bits per heavy atom. The minimum Gasteiger partial charge on any atom is -0.370 e. The number of primary amides is 1. The SMILES string of the molecule is CC1(c2ccc(F)cc2)NC(=O)N(CC(=O)N(CCC(N)=O)c2ccc(F)cc2)C1=O. The van der Waals surface area contributed by atoms with Crippen molar-refractivity contribution in [2.24, 2.45) is 5.73 Å². The normalized spacial score (nSPS) is 18.1. The van der Waals surface area contributed by atoms with E-state index in [0.29, 0.717) is 5.56 Å². The van der Waals surface area contributed by atoms with E-state index in [2.05, 4.69) is 5.32 Å². The van der Waals surface area contributed by atoms with E-state index < -0.39 is 47.5 Å². The van der Waals surface area contributed by atoms with Gasteiger partial charge < -0.3 is 16.0 Å². The highest BCUT2D eigenvalue weighted by Gasteiger charge is 2.49. The molecule has 0 aliphatic carbocycles. The van der Waals surface area contributed by atoms with Crippen molar-refractivity contribution < 1.29 is 28.0 Å². The smallest absolute Gasteiger partial charge is 0.325 e. The zero-order valence-electron chi connectivity index (χ0n) is 16.6. The molecule has 162 valence electrons. The number of hydrogen-bond acceptors (Lipinski definition) is 4. The molecule has 1 aliphatic rings. The summed E-state index contributed by atoms with van der Waals surface area (Å²) in [5.74, 6) is -3.03. The van der Waals surface area contributed by atoms with Crippen LogP contribution in [-0.4, -0.2) is 41.7 Å². The molecule has 10 heteroatoms. The van der Waals surface area contributed by atoms with E-state index in [4.69, 9.17) is 5.73 Å². The highest BCUT2D eigenvalue weighted by atomic mass is 19.1. The highest BCUT2D eigenvalue weighted by Crippen LogP contribution is 2.29. The monoisotopic (exact) mass is 430 g/mol. The number of rotatable bonds is 7. The maximum atomic E-state index is 13.3. The molecule has 2 aromatic rings. The van der Waals surface area contributed by atoms with Gasteiger partial charge in [-0.1, -0.05) is 12.1 Å². The van der Waals surface area contributed by atoms with Crippen molar-refractivity contribution in [1.29, 1.82) is 0 Å². The molecule has 1 fully saturated rings. The fourth-order valence-electron chi connectivity index (χ4n) is 3.28. The van der Waals surface area contributed by atoms with Gasteiger partial charge in [0.05, 0.1) is 0 Å². The summed E-state index contributed by atoms with van der Waals surface area (Å²) in [5, 5.41) is 2.53. The van der Waals surface area contributed by atoms with E-state index in [1.807, 2.05) is 0 Å². The summed E-state index contributed by atoms with van der Waals surface area (Å²) in [6.45, 7) is 0.728. The largest absolute Gasteiger partial charge is 0.370 e. The number of nitrogens with one attached hydrogen (secondary N) is 1. The van der Waals surface area contributed by atoms with Crippen LogP contribution >= 0.6 is 0 Å². The van der Waals surface area contributed by atoms with Gasteiger partial charge >= 0.3 is 6.03 Å². The second kappa shape index (κ2) is 8.50. The number of nitrogens with zero attached hydrogens (tertiary/aromatic N) is 2. The number of urea groups is 1. The van der Waals surface area contributed by atoms with Crippen molar-refractivity contribution in [3.05, 3.63) is 65.7 Å². The molecule has 3 rings (SSSR count). The summed E-state index contributed by atoms with van der Waals surface area (Å²) in [6.07, 6.45) is -0.170. The number of carbonyl (C=O) groups excluding carboxylic acids is 4. The molecule has 1 atom stereocenters. The van der Waals surface area contributed by atoms with Crippen LogP contribution in [-0.2, 0) is 19.9 Å². The number of nitrogens with two attached hydrogens (primary N) is 1. The predicted molar refractivity (Wildman–Crippen MR) is 107 cm³/mol. The van der Waals surface area contributed by atoms with Crippen LogP contribution in [0.15, 0.2) is 48.5 Å². The fraction of sp³-hybridized carbons (Fsp3) is 0.238. The summed E-state index contributed by atoms with van der Waals surface area (Å²) in [6, 6.07) is 9.22. The summed E-state index contributed by atoms with van der Waals surface area (Å²) < 4.78 is 26.5. The first kappa shape index (κ1) is 21.9. The topological polar surface area (TPSA) is 113 Å². The van der Waals surface area contributed by atoms with Crippen molar-refractivity contribution >= 4 is 29.4 Å². The third-order valence-corrected chi connectivity index (χ3v) is 5.01. The lowest BCUT2D eigenvalue weighted by molar-refractivity contribution is -0.134. The maximum absolute atomic E-state index is 13.3. The Bertz CT molecular complexity index is 1030. The molecule has 0 aromatic heterocycles. The van der Waals surface area contributed by atoms with E-state index in [1.165, 1.54) is 31.2 Å². The maximum Gasteiger partial charge on any atom is 0.325 e. The Labute approximate surface area is 176 Å². The Hall–Kier alpha value is -3.82. The van der Waals surface area contributed by atoms with Gasteiger partial charge in [-0.15, -0.1) is 0 Å². The first-order valence-corrected chi connectivity index (χ1v) is 9.36. The number of amides is 5. The molecular weight excluding hydrogens is 410 g/mol. The van der Waals surface area contributed by atoms with Crippen LogP contribution in [0, 0.1) is 11.6 Å². The van der Waals surface area contributed by atoms with Gasteiger partial charge in [0.1, 0.15) is 23.7 Å². The molecule has 1 unspecified atom stereocenters. The molecule has 8 nitrogen and oxygen atoms in total. The van der Waals surface area contributed by atoms with Gasteiger partial charge in [0.2, 0.25) is 11.8 Å². The molecule has 3 N–H and O–H groups in total. The molecule has 1 heterocycles. The lowest BCUT2D eigenvalue weighted by Crippen LogP contribution is -2.45. The minimum absolute atomic E-state index is 0.112. The average Bonchev–Trinajstić information content (AvgIpc) is 2.93. The van der Waals surface area contributed by atoms with E-state index in [9.17, 15) is 28.0 Å². The van der Waals surface area contributed by atoms with Gasteiger partial charge in [0.25, 0.3) is 5.91 Å². The summed E-state index contributed by atoms with van der Waals surface area (Å²) >= 11 is 0. The van der Waals surface area contributed by atoms with Gasteiger partial charge in [-0.05, 0) is 48.9 Å². The van der Waals surface area contributed by atoms with E-state index >= 15 is 0 Å². The van der Waals surface area contributed by atoms with E-state index in [-0.39, 0.29) is 18.7 Å². The summed E-state index contributed by atoms with van der Waals surface area (Å²) in [7, 11) is 0. The lowest BCUT2D eigenvalue weighted by Gasteiger charge is -2.25. The summed E-state index contributed by atoms with van der Waals surface area (Å²) in [5.41, 5.74) is 4.33. The van der Waals surface area contributed by atoms with Crippen LogP contribution in [0.5, 0.6) is 0 Å². The van der Waals surface area contributed by atoms with Crippen molar-refractivity contribution in [2.75, 3.05) is 18.0 Å². The number of imide groups is 1. The fourth-order valence-corrected chi connectivity index (χ4v) is 3.28. The lowest BCUT2D eigenvalue weighted by atomic mass is 9.92. The highest BCUT2D eigenvalue weighted by molar-refractivity contribution is 6.10. The number of hydrogen-bond donors (Lipinski definition) is 2. The molecular formula is C21H20F2N4O4. The van der Waals surface area contributed by atoms with Crippen LogP contribution < -0.4 is 16.0 Å². The second-order valence-corrected chi connectivity index (χ2v) is 7.19. The number of carbonyl (C=O) groups is 4. The molecule has 0 spiro atoms. The van der Waals surface area contributed by atoms with Crippen LogP contribution in [0.3, 0.4) is 0 Å². The van der Waals surface area contributed by atoms with Gasteiger partial charge in [0.15, 0.2) is 0 Å². The molecule has 1 saturated heterocycles. The van der Waals surface area contributed by atoms with Gasteiger partial charge in [-0.25, -0.2) is 13.6 Å². The molecule has 0 saturated carbocycles. The second-order valence-electron chi connectivity index (χ2n) is 7.19. The third kappa shape index (κ3) is 4.52.